The van der Waals surface area contributed by atoms with Gasteiger partial charge < -0.3 is 15.7 Å². The number of carbonyl (C=O) groups excluding carboxylic acids is 2. The highest BCUT2D eigenvalue weighted by atomic mass is 32.2. The Balaban J connectivity index is 1.35. The predicted octanol–water partition coefficient (Wildman–Crippen LogP) is 3.61. The minimum absolute atomic E-state index is 0.0501. The summed E-state index contributed by atoms with van der Waals surface area (Å²) in [6.07, 6.45) is 2.10. The van der Waals surface area contributed by atoms with Crippen LogP contribution < -0.4 is 10.6 Å². The summed E-state index contributed by atoms with van der Waals surface area (Å²) >= 11 is 0. The molecule has 0 aromatic heterocycles. The largest absolute Gasteiger partial charge is 0.508 e. The molecular weight excluding hydrogens is 452 g/mol. The van der Waals surface area contributed by atoms with Crippen molar-refractivity contribution in [3.05, 3.63) is 89.0 Å². The lowest BCUT2D eigenvalue weighted by atomic mass is 10.1. The molecule has 3 aromatic rings. The van der Waals surface area contributed by atoms with Gasteiger partial charge in [0, 0.05) is 24.2 Å². The van der Waals surface area contributed by atoms with Crippen LogP contribution in [0.2, 0.25) is 0 Å². The van der Waals surface area contributed by atoms with Gasteiger partial charge in [0.1, 0.15) is 5.75 Å². The Kier molecular flexibility index (Phi) is 6.98. The van der Waals surface area contributed by atoms with E-state index in [0.717, 1.165) is 16.7 Å². The number of sulfone groups is 1. The third kappa shape index (κ3) is 5.82. The highest BCUT2D eigenvalue weighted by Gasteiger charge is 2.19. The van der Waals surface area contributed by atoms with Crippen LogP contribution in [0.3, 0.4) is 0 Å². The lowest BCUT2D eigenvalue weighted by molar-refractivity contribution is -0.116. The number of rotatable bonds is 7. The molecule has 176 valence electrons. The second kappa shape index (κ2) is 10.1. The Labute approximate surface area is 198 Å². The van der Waals surface area contributed by atoms with Gasteiger partial charge in [-0.3, -0.25) is 9.59 Å². The SMILES string of the molecule is O=C1CCCc2cc(S(=O)(=O)CCc3ccc(C(=O)NCc4cccc(O)c4)cc3)ccc2N1. The smallest absolute Gasteiger partial charge is 0.251 e. The van der Waals surface area contributed by atoms with Crippen molar-refractivity contribution in [2.75, 3.05) is 11.1 Å². The molecule has 7 nitrogen and oxygen atoms in total. The van der Waals surface area contributed by atoms with Gasteiger partial charge >= 0.3 is 0 Å². The number of hydrogen-bond acceptors (Lipinski definition) is 5. The first-order chi connectivity index (χ1) is 16.3. The minimum atomic E-state index is -3.50. The molecule has 3 aromatic carbocycles. The molecule has 0 fully saturated rings. The summed E-state index contributed by atoms with van der Waals surface area (Å²) in [5.41, 5.74) is 3.59. The van der Waals surface area contributed by atoms with Crippen molar-refractivity contribution in [3.63, 3.8) is 0 Å². The maximum Gasteiger partial charge on any atom is 0.251 e. The lowest BCUT2D eigenvalue weighted by Gasteiger charge is -2.10. The Morgan fingerprint density at radius 2 is 1.76 bits per heavy atom. The molecule has 0 aliphatic carbocycles. The topological polar surface area (TPSA) is 113 Å². The molecule has 0 atom stereocenters. The third-order valence-electron chi connectivity index (χ3n) is 5.80. The third-order valence-corrected chi connectivity index (χ3v) is 7.51. The van der Waals surface area contributed by atoms with E-state index >= 15 is 0 Å². The fourth-order valence-electron chi connectivity index (χ4n) is 3.89. The monoisotopic (exact) mass is 478 g/mol. The molecule has 0 radical (unpaired) electrons. The van der Waals surface area contributed by atoms with E-state index in [2.05, 4.69) is 10.6 Å². The first-order valence-electron chi connectivity index (χ1n) is 11.1. The molecule has 4 rings (SSSR count). The Hall–Kier alpha value is -3.65. The second-order valence-electron chi connectivity index (χ2n) is 8.34. The molecule has 0 saturated heterocycles. The molecule has 3 N–H and O–H groups in total. The van der Waals surface area contributed by atoms with Crippen molar-refractivity contribution < 1.29 is 23.1 Å². The zero-order valence-corrected chi connectivity index (χ0v) is 19.4. The van der Waals surface area contributed by atoms with Gasteiger partial charge in [-0.15, -0.1) is 0 Å². The van der Waals surface area contributed by atoms with Crippen LogP contribution in [0.4, 0.5) is 5.69 Å². The fourth-order valence-corrected chi connectivity index (χ4v) is 5.23. The van der Waals surface area contributed by atoms with Crippen LogP contribution in [0.5, 0.6) is 5.75 Å². The zero-order valence-electron chi connectivity index (χ0n) is 18.6. The van der Waals surface area contributed by atoms with E-state index < -0.39 is 9.84 Å². The number of benzene rings is 3. The maximum atomic E-state index is 12.9. The average Bonchev–Trinajstić information content (AvgIpc) is 3.01. The van der Waals surface area contributed by atoms with Crippen LogP contribution in [-0.2, 0) is 34.0 Å². The molecule has 34 heavy (non-hydrogen) atoms. The number of hydrogen-bond donors (Lipinski definition) is 3. The number of amides is 2. The summed E-state index contributed by atoms with van der Waals surface area (Å²) in [7, 11) is -3.50. The minimum Gasteiger partial charge on any atom is -0.508 e. The molecule has 0 unspecified atom stereocenters. The Morgan fingerprint density at radius 1 is 0.971 bits per heavy atom. The van der Waals surface area contributed by atoms with Crippen molar-refractivity contribution in [2.45, 2.75) is 37.1 Å². The van der Waals surface area contributed by atoms with Gasteiger partial charge in [-0.1, -0.05) is 24.3 Å². The number of phenols is 1. The number of nitrogens with one attached hydrogen (secondary N) is 2. The number of carbonyl (C=O) groups is 2. The van der Waals surface area contributed by atoms with Crippen LogP contribution in [-0.4, -0.2) is 31.1 Å². The van der Waals surface area contributed by atoms with Gasteiger partial charge in [-0.25, -0.2) is 8.42 Å². The number of aryl methyl sites for hydroxylation is 2. The second-order valence-corrected chi connectivity index (χ2v) is 10.4. The van der Waals surface area contributed by atoms with Crippen LogP contribution in [0.25, 0.3) is 0 Å². The van der Waals surface area contributed by atoms with Gasteiger partial charge in [0.05, 0.1) is 10.6 Å². The van der Waals surface area contributed by atoms with Gasteiger partial charge in [0.25, 0.3) is 5.91 Å². The normalized spacial score (nSPS) is 13.5. The standard InChI is InChI=1S/C26H26N2O5S/c29-22-5-1-3-19(15-22)17-27-26(31)20-9-7-18(8-10-20)13-14-34(32,33)23-11-12-24-21(16-23)4-2-6-25(30)28-24/h1,3,5,7-12,15-16,29H,2,4,6,13-14,17H2,(H,27,31)(H,28,30). The van der Waals surface area contributed by atoms with Gasteiger partial charge in [0.15, 0.2) is 9.84 Å². The van der Waals surface area contributed by atoms with E-state index in [0.29, 0.717) is 36.9 Å². The fraction of sp³-hybridized carbons (Fsp3) is 0.231. The average molecular weight is 479 g/mol. The molecular formula is C26H26N2O5S. The van der Waals surface area contributed by atoms with E-state index in [9.17, 15) is 23.1 Å². The van der Waals surface area contributed by atoms with Crippen molar-refractivity contribution in [3.8, 4) is 5.75 Å². The van der Waals surface area contributed by atoms with Gasteiger partial charge in [0.2, 0.25) is 5.91 Å². The predicted molar refractivity (Wildman–Crippen MR) is 129 cm³/mol. The molecule has 8 heteroatoms. The van der Waals surface area contributed by atoms with E-state index in [1.165, 1.54) is 0 Å². The lowest BCUT2D eigenvalue weighted by Crippen LogP contribution is -2.22. The highest BCUT2D eigenvalue weighted by molar-refractivity contribution is 7.91. The Bertz CT molecular complexity index is 1320. The van der Waals surface area contributed by atoms with Crippen LogP contribution >= 0.6 is 0 Å². The van der Waals surface area contributed by atoms with E-state index in [1.807, 2.05) is 6.07 Å². The zero-order chi connectivity index (χ0) is 24.1. The molecule has 1 aliphatic rings. The summed E-state index contributed by atoms with van der Waals surface area (Å²) in [5, 5.41) is 15.1. The van der Waals surface area contributed by atoms with E-state index in [4.69, 9.17) is 0 Å². The van der Waals surface area contributed by atoms with Crippen LogP contribution in [0.15, 0.2) is 71.6 Å². The van der Waals surface area contributed by atoms with E-state index in [1.54, 1.807) is 60.7 Å². The Morgan fingerprint density at radius 3 is 2.53 bits per heavy atom. The van der Waals surface area contributed by atoms with Crippen LogP contribution in [0, 0.1) is 0 Å². The van der Waals surface area contributed by atoms with Gasteiger partial charge in [-0.05, 0) is 78.4 Å². The molecule has 0 spiro atoms. The first kappa shape index (κ1) is 23.5. The first-order valence-corrected chi connectivity index (χ1v) is 12.8. The summed E-state index contributed by atoms with van der Waals surface area (Å²) < 4.78 is 25.8. The molecule has 2 amide bonds. The number of aromatic hydroxyl groups is 1. The van der Waals surface area contributed by atoms with Crippen molar-refractivity contribution in [1.29, 1.82) is 0 Å². The van der Waals surface area contributed by atoms with Gasteiger partial charge in [-0.2, -0.15) is 0 Å². The summed E-state index contributed by atoms with van der Waals surface area (Å²) in [6, 6.07) is 18.4. The molecule has 1 heterocycles. The quantitative estimate of drug-likeness (QED) is 0.480. The number of fused-ring (bicyclic) bond motifs is 1. The van der Waals surface area contributed by atoms with Crippen molar-refractivity contribution >= 4 is 27.3 Å². The van der Waals surface area contributed by atoms with Crippen LogP contribution in [0.1, 0.15) is 39.9 Å². The maximum absolute atomic E-state index is 12.9. The number of phenolic OH excluding ortho intramolecular Hbond substituents is 1. The summed E-state index contributed by atoms with van der Waals surface area (Å²) in [5.74, 6) is -0.213. The molecule has 0 bridgehead atoms. The summed E-state index contributed by atoms with van der Waals surface area (Å²) in [4.78, 5) is 24.3. The van der Waals surface area contributed by atoms with Crippen molar-refractivity contribution in [2.24, 2.45) is 0 Å². The summed E-state index contributed by atoms with van der Waals surface area (Å²) in [6.45, 7) is 0.289. The highest BCUT2D eigenvalue weighted by Crippen LogP contribution is 2.26. The van der Waals surface area contributed by atoms with Crippen molar-refractivity contribution in [1.82, 2.24) is 5.32 Å². The number of anilines is 1. The molecule has 0 saturated carbocycles. The molecule has 1 aliphatic heterocycles. The van der Waals surface area contributed by atoms with E-state index in [-0.39, 0.29) is 34.8 Å².